The fraction of sp³-hybridized carbons (Fsp3) is 0. The Morgan fingerprint density at radius 3 is 2.38 bits per heavy atom. The Bertz CT molecular complexity index is 864. The van der Waals surface area contributed by atoms with Crippen molar-refractivity contribution in [2.45, 2.75) is 0 Å². The molecule has 0 unspecified atom stereocenters. The Hall–Kier alpha value is -2.59. The minimum absolute atomic E-state index is 0.0196. The normalized spacial score (nSPS) is 10.7. The van der Waals surface area contributed by atoms with Crippen LogP contribution in [0.25, 0.3) is 11.0 Å². The second kappa shape index (κ2) is 5.07. The molecule has 0 aliphatic rings. The van der Waals surface area contributed by atoms with Crippen LogP contribution in [-0.4, -0.2) is 16.9 Å². The molecule has 1 heterocycles. The lowest BCUT2D eigenvalue weighted by Crippen LogP contribution is -2.08. The van der Waals surface area contributed by atoms with E-state index in [1.165, 1.54) is 0 Å². The number of aromatic carboxylic acids is 1. The van der Waals surface area contributed by atoms with Crippen LogP contribution in [0.15, 0.2) is 52.9 Å². The fourth-order valence-electron chi connectivity index (χ4n) is 2.20. The molecule has 0 radical (unpaired) electrons. The maximum Gasteiger partial charge on any atom is 0.372 e. The summed E-state index contributed by atoms with van der Waals surface area (Å²) < 4.78 is 5.28. The summed E-state index contributed by atoms with van der Waals surface area (Å²) in [5, 5.41) is 9.98. The Labute approximate surface area is 124 Å². The van der Waals surface area contributed by atoms with E-state index in [9.17, 15) is 14.7 Å². The largest absolute Gasteiger partial charge is 0.475 e. The van der Waals surface area contributed by atoms with Gasteiger partial charge in [0.2, 0.25) is 5.76 Å². The van der Waals surface area contributed by atoms with E-state index in [0.717, 1.165) is 0 Å². The monoisotopic (exact) mass is 300 g/mol. The minimum Gasteiger partial charge on any atom is -0.475 e. The lowest BCUT2D eigenvalue weighted by Gasteiger charge is -2.02. The summed E-state index contributed by atoms with van der Waals surface area (Å²) in [5.41, 5.74) is 0.615. The number of hydrogen-bond acceptors (Lipinski definition) is 3. The molecule has 0 fully saturated rings. The second-order valence-corrected chi connectivity index (χ2v) is 4.82. The summed E-state index contributed by atoms with van der Waals surface area (Å²) in [6, 6.07) is 13.2. The number of rotatable bonds is 3. The molecule has 1 N–H and O–H groups in total. The predicted octanol–water partition coefficient (Wildman–Crippen LogP) is 4.02. The first-order valence-electron chi connectivity index (χ1n) is 6.13. The van der Waals surface area contributed by atoms with Crippen LogP contribution in [0.4, 0.5) is 0 Å². The van der Waals surface area contributed by atoms with Gasteiger partial charge in [0.1, 0.15) is 5.58 Å². The summed E-state index contributed by atoms with van der Waals surface area (Å²) >= 11 is 6.02. The maximum absolute atomic E-state index is 12.7. The SMILES string of the molecule is O=C(O)c1oc2ccccc2c1C(=O)c1ccccc1Cl. The highest BCUT2D eigenvalue weighted by atomic mass is 35.5. The van der Waals surface area contributed by atoms with Gasteiger partial charge in [0, 0.05) is 10.9 Å². The molecule has 4 nitrogen and oxygen atoms in total. The van der Waals surface area contributed by atoms with E-state index in [0.29, 0.717) is 11.0 Å². The second-order valence-electron chi connectivity index (χ2n) is 4.42. The topological polar surface area (TPSA) is 67.5 Å². The first-order valence-corrected chi connectivity index (χ1v) is 6.51. The number of carboxylic acids is 1. The number of halogens is 1. The van der Waals surface area contributed by atoms with Crippen molar-refractivity contribution in [1.29, 1.82) is 0 Å². The third-order valence-electron chi connectivity index (χ3n) is 3.14. The number of carbonyl (C=O) groups excluding carboxylic acids is 1. The molecule has 3 aromatic rings. The van der Waals surface area contributed by atoms with Gasteiger partial charge in [0.15, 0.2) is 5.78 Å². The molecule has 1 aromatic heterocycles. The molecular weight excluding hydrogens is 292 g/mol. The molecule has 0 spiro atoms. The Balaban J connectivity index is 2.29. The first-order chi connectivity index (χ1) is 10.1. The summed E-state index contributed by atoms with van der Waals surface area (Å²) in [6.07, 6.45) is 0. The van der Waals surface area contributed by atoms with Crippen LogP contribution in [-0.2, 0) is 0 Å². The molecule has 0 amide bonds. The molecule has 0 aliphatic carbocycles. The zero-order valence-corrected chi connectivity index (χ0v) is 11.4. The van der Waals surface area contributed by atoms with Crippen molar-refractivity contribution < 1.29 is 19.1 Å². The third-order valence-corrected chi connectivity index (χ3v) is 3.46. The Morgan fingerprint density at radius 1 is 1.00 bits per heavy atom. The van der Waals surface area contributed by atoms with Crippen molar-refractivity contribution in [2.75, 3.05) is 0 Å². The van der Waals surface area contributed by atoms with E-state index in [2.05, 4.69) is 0 Å². The average Bonchev–Trinajstić information content (AvgIpc) is 2.86. The van der Waals surface area contributed by atoms with E-state index in [1.54, 1.807) is 48.5 Å². The van der Waals surface area contributed by atoms with Crippen LogP contribution >= 0.6 is 11.6 Å². The van der Waals surface area contributed by atoms with Gasteiger partial charge in [-0.05, 0) is 18.2 Å². The van der Waals surface area contributed by atoms with Crippen LogP contribution < -0.4 is 0 Å². The van der Waals surface area contributed by atoms with Crippen molar-refractivity contribution in [3.05, 3.63) is 70.4 Å². The van der Waals surface area contributed by atoms with Gasteiger partial charge >= 0.3 is 5.97 Å². The predicted molar refractivity (Wildman–Crippen MR) is 78.1 cm³/mol. The molecule has 3 rings (SSSR count). The number of fused-ring (bicyclic) bond motifs is 1. The van der Waals surface area contributed by atoms with Crippen LogP contribution in [0.1, 0.15) is 26.5 Å². The first kappa shape index (κ1) is 13.4. The standard InChI is InChI=1S/C16H9ClO4/c17-11-7-3-1-5-9(11)14(18)13-10-6-2-4-8-12(10)21-15(13)16(19)20/h1-8H,(H,19,20). The summed E-state index contributed by atoms with van der Waals surface area (Å²) in [7, 11) is 0. The number of hydrogen-bond donors (Lipinski definition) is 1. The van der Waals surface area contributed by atoms with Crippen molar-refractivity contribution in [3.8, 4) is 0 Å². The van der Waals surface area contributed by atoms with Gasteiger partial charge in [0.25, 0.3) is 0 Å². The van der Waals surface area contributed by atoms with Gasteiger partial charge in [-0.25, -0.2) is 4.79 Å². The summed E-state index contributed by atoms with van der Waals surface area (Å²) in [6.45, 7) is 0. The lowest BCUT2D eigenvalue weighted by atomic mass is 10.00. The summed E-state index contributed by atoms with van der Waals surface area (Å²) in [4.78, 5) is 24.0. The molecule has 0 aliphatic heterocycles. The van der Waals surface area contributed by atoms with Gasteiger partial charge < -0.3 is 9.52 Å². The molecule has 0 saturated carbocycles. The number of benzene rings is 2. The molecule has 104 valence electrons. The molecule has 0 saturated heterocycles. The van der Waals surface area contributed by atoms with Gasteiger partial charge in [-0.15, -0.1) is 0 Å². The van der Waals surface area contributed by atoms with E-state index < -0.39 is 11.8 Å². The van der Waals surface area contributed by atoms with E-state index in [-0.39, 0.29) is 21.9 Å². The van der Waals surface area contributed by atoms with E-state index >= 15 is 0 Å². The van der Waals surface area contributed by atoms with Gasteiger partial charge in [-0.2, -0.15) is 0 Å². The minimum atomic E-state index is -1.29. The Kier molecular flexibility index (Phi) is 3.23. The maximum atomic E-state index is 12.7. The van der Waals surface area contributed by atoms with Gasteiger partial charge in [-0.3, -0.25) is 4.79 Å². The lowest BCUT2D eigenvalue weighted by molar-refractivity contribution is 0.0660. The van der Waals surface area contributed by atoms with E-state index in [4.69, 9.17) is 16.0 Å². The van der Waals surface area contributed by atoms with E-state index in [1.807, 2.05) is 0 Å². The molecule has 21 heavy (non-hydrogen) atoms. The van der Waals surface area contributed by atoms with Crippen molar-refractivity contribution in [2.24, 2.45) is 0 Å². The number of para-hydroxylation sites is 1. The zero-order chi connectivity index (χ0) is 15.0. The fourth-order valence-corrected chi connectivity index (χ4v) is 2.42. The molecule has 0 atom stereocenters. The van der Waals surface area contributed by atoms with Gasteiger partial charge in [-0.1, -0.05) is 41.9 Å². The highest BCUT2D eigenvalue weighted by Gasteiger charge is 2.26. The van der Waals surface area contributed by atoms with Crippen LogP contribution in [0.5, 0.6) is 0 Å². The van der Waals surface area contributed by atoms with Crippen LogP contribution in [0.3, 0.4) is 0 Å². The highest BCUT2D eigenvalue weighted by Crippen LogP contribution is 2.30. The van der Waals surface area contributed by atoms with Crippen LogP contribution in [0, 0.1) is 0 Å². The number of carbonyl (C=O) groups is 2. The summed E-state index contributed by atoms with van der Waals surface area (Å²) in [5.74, 6) is -2.13. The zero-order valence-electron chi connectivity index (χ0n) is 10.7. The number of carboxylic acid groups (broad SMARTS) is 1. The number of ketones is 1. The quantitative estimate of drug-likeness (QED) is 0.742. The third kappa shape index (κ3) is 2.19. The highest BCUT2D eigenvalue weighted by molar-refractivity contribution is 6.36. The number of furan rings is 1. The molecule has 2 aromatic carbocycles. The molecular formula is C16H9ClO4. The van der Waals surface area contributed by atoms with Crippen molar-refractivity contribution in [3.63, 3.8) is 0 Å². The molecule has 0 bridgehead atoms. The van der Waals surface area contributed by atoms with Crippen molar-refractivity contribution in [1.82, 2.24) is 0 Å². The molecule has 5 heteroatoms. The van der Waals surface area contributed by atoms with Gasteiger partial charge in [0.05, 0.1) is 10.6 Å². The van der Waals surface area contributed by atoms with Crippen LogP contribution in [0.2, 0.25) is 5.02 Å². The average molecular weight is 301 g/mol. The Morgan fingerprint density at radius 2 is 1.67 bits per heavy atom. The smallest absolute Gasteiger partial charge is 0.372 e. The van der Waals surface area contributed by atoms with Crippen molar-refractivity contribution >= 4 is 34.3 Å².